The first-order chi connectivity index (χ1) is 9.81. The first kappa shape index (κ1) is 17.9. The van der Waals surface area contributed by atoms with Crippen LogP contribution in [0.5, 0.6) is 0 Å². The van der Waals surface area contributed by atoms with Crippen molar-refractivity contribution in [3.8, 4) is 0 Å². The molecule has 1 aromatic rings. The molecule has 5 nitrogen and oxygen atoms in total. The van der Waals surface area contributed by atoms with Gasteiger partial charge >= 0.3 is 0 Å². The van der Waals surface area contributed by atoms with E-state index in [1.54, 1.807) is 13.3 Å². The van der Waals surface area contributed by atoms with Crippen LogP contribution in [0.25, 0.3) is 0 Å². The van der Waals surface area contributed by atoms with Gasteiger partial charge in [0, 0.05) is 26.4 Å². The van der Waals surface area contributed by atoms with Crippen molar-refractivity contribution in [2.45, 2.75) is 19.4 Å². The second kappa shape index (κ2) is 9.71. The lowest BCUT2D eigenvalue weighted by atomic mass is 9.98. The van der Waals surface area contributed by atoms with Gasteiger partial charge in [0.2, 0.25) is 5.91 Å². The summed E-state index contributed by atoms with van der Waals surface area (Å²) in [6.45, 7) is 3.52. The van der Waals surface area contributed by atoms with E-state index < -0.39 is 0 Å². The van der Waals surface area contributed by atoms with E-state index in [-0.39, 0.29) is 24.2 Å². The zero-order valence-electron chi connectivity index (χ0n) is 12.5. The average Bonchev–Trinajstić information content (AvgIpc) is 2.52. The summed E-state index contributed by atoms with van der Waals surface area (Å²) < 4.78 is 5.12. The largest absolute Gasteiger partial charge is 0.383 e. The smallest absolute Gasteiger partial charge is 0.227 e. The minimum Gasteiger partial charge on any atom is -0.383 e. The van der Waals surface area contributed by atoms with Crippen molar-refractivity contribution >= 4 is 18.3 Å². The van der Waals surface area contributed by atoms with E-state index in [1.165, 1.54) is 0 Å². The summed E-state index contributed by atoms with van der Waals surface area (Å²) in [5.41, 5.74) is 0.917. The molecule has 2 heterocycles. The van der Waals surface area contributed by atoms with Crippen molar-refractivity contribution in [3.63, 3.8) is 0 Å². The van der Waals surface area contributed by atoms with Crippen LogP contribution < -0.4 is 5.32 Å². The molecular weight excluding hydrogens is 290 g/mol. The van der Waals surface area contributed by atoms with Gasteiger partial charge in [-0.3, -0.25) is 9.78 Å². The molecule has 2 rings (SSSR count). The molecular formula is C15H24ClN3O2. The molecule has 6 heteroatoms. The van der Waals surface area contributed by atoms with Crippen molar-refractivity contribution in [2.75, 3.05) is 33.4 Å². The lowest BCUT2D eigenvalue weighted by Gasteiger charge is -2.29. The molecule has 1 aromatic heterocycles. The number of aromatic nitrogens is 1. The summed E-state index contributed by atoms with van der Waals surface area (Å²) in [6.07, 6.45) is 3.80. The van der Waals surface area contributed by atoms with Gasteiger partial charge in [-0.15, -0.1) is 12.4 Å². The monoisotopic (exact) mass is 313 g/mol. The number of piperidine rings is 1. The van der Waals surface area contributed by atoms with Crippen LogP contribution in [0.2, 0.25) is 0 Å². The van der Waals surface area contributed by atoms with Crippen molar-refractivity contribution in [2.24, 2.45) is 5.92 Å². The lowest BCUT2D eigenvalue weighted by molar-refractivity contribution is -0.137. The summed E-state index contributed by atoms with van der Waals surface area (Å²) in [5, 5.41) is 3.30. The molecule has 1 aliphatic heterocycles. The maximum Gasteiger partial charge on any atom is 0.227 e. The maximum absolute atomic E-state index is 12.6. The first-order valence-corrected chi connectivity index (χ1v) is 7.19. The number of halogens is 1. The van der Waals surface area contributed by atoms with Gasteiger partial charge in [0.1, 0.15) is 0 Å². The van der Waals surface area contributed by atoms with Gasteiger partial charge in [0.15, 0.2) is 0 Å². The van der Waals surface area contributed by atoms with Gasteiger partial charge in [0.25, 0.3) is 0 Å². The molecule has 1 aliphatic rings. The lowest BCUT2D eigenvalue weighted by Crippen LogP contribution is -2.44. The average molecular weight is 314 g/mol. The van der Waals surface area contributed by atoms with Gasteiger partial charge in [-0.2, -0.15) is 0 Å². The Bertz CT molecular complexity index is 411. The highest BCUT2D eigenvalue weighted by Gasteiger charge is 2.25. The molecule has 21 heavy (non-hydrogen) atoms. The van der Waals surface area contributed by atoms with E-state index in [1.807, 2.05) is 23.1 Å². The normalized spacial score (nSPS) is 17.9. The van der Waals surface area contributed by atoms with Gasteiger partial charge in [0.05, 0.1) is 24.8 Å². The van der Waals surface area contributed by atoms with E-state index in [9.17, 15) is 4.79 Å². The number of carbonyl (C=O) groups excluding carboxylic acids is 1. The molecule has 1 amide bonds. The van der Waals surface area contributed by atoms with Crippen molar-refractivity contribution in [1.82, 2.24) is 15.2 Å². The van der Waals surface area contributed by atoms with E-state index >= 15 is 0 Å². The number of amides is 1. The molecule has 0 bridgehead atoms. The van der Waals surface area contributed by atoms with Crippen LogP contribution in [0.15, 0.2) is 24.4 Å². The number of methoxy groups -OCH3 is 1. The van der Waals surface area contributed by atoms with Crippen molar-refractivity contribution in [1.29, 1.82) is 0 Å². The Labute approximate surface area is 132 Å². The fourth-order valence-corrected chi connectivity index (χ4v) is 2.48. The Kier molecular flexibility index (Phi) is 8.27. The topological polar surface area (TPSA) is 54.5 Å². The Balaban J connectivity index is 0.00000220. The van der Waals surface area contributed by atoms with Crippen molar-refractivity contribution in [3.05, 3.63) is 30.1 Å². The quantitative estimate of drug-likeness (QED) is 0.864. The van der Waals surface area contributed by atoms with Crippen LogP contribution in [-0.4, -0.2) is 49.1 Å². The number of pyridine rings is 1. The predicted octanol–water partition coefficient (Wildman–Crippen LogP) is 1.48. The molecule has 1 unspecified atom stereocenters. The molecule has 118 valence electrons. The number of hydrogen-bond donors (Lipinski definition) is 1. The zero-order valence-corrected chi connectivity index (χ0v) is 13.3. The maximum atomic E-state index is 12.6. The minimum atomic E-state index is 0. The summed E-state index contributed by atoms with van der Waals surface area (Å²) in [4.78, 5) is 18.8. The third-order valence-electron chi connectivity index (χ3n) is 3.60. The SMILES string of the molecule is COCCN(Cc1ccccn1)C(=O)C1CCCNC1.Cl. The predicted molar refractivity (Wildman–Crippen MR) is 84.4 cm³/mol. The number of nitrogens with one attached hydrogen (secondary N) is 1. The number of nitrogens with zero attached hydrogens (tertiary/aromatic N) is 2. The van der Waals surface area contributed by atoms with E-state index in [2.05, 4.69) is 10.3 Å². The van der Waals surface area contributed by atoms with Gasteiger partial charge in [-0.25, -0.2) is 0 Å². The highest BCUT2D eigenvalue weighted by Crippen LogP contribution is 2.15. The van der Waals surface area contributed by atoms with Crippen LogP contribution >= 0.6 is 12.4 Å². The van der Waals surface area contributed by atoms with Gasteiger partial charge in [-0.1, -0.05) is 6.07 Å². The number of carbonyl (C=O) groups is 1. The Hall–Kier alpha value is -1.17. The summed E-state index contributed by atoms with van der Waals surface area (Å²) >= 11 is 0. The van der Waals surface area contributed by atoms with Crippen LogP contribution in [0.1, 0.15) is 18.5 Å². The Morgan fingerprint density at radius 3 is 3.00 bits per heavy atom. The molecule has 1 fully saturated rings. The zero-order chi connectivity index (χ0) is 14.2. The number of rotatable bonds is 6. The number of hydrogen-bond acceptors (Lipinski definition) is 4. The molecule has 1 saturated heterocycles. The summed E-state index contributed by atoms with van der Waals surface area (Å²) in [6, 6.07) is 5.78. The minimum absolute atomic E-state index is 0. The molecule has 0 aliphatic carbocycles. The van der Waals surface area contributed by atoms with Crippen molar-refractivity contribution < 1.29 is 9.53 Å². The second-order valence-corrected chi connectivity index (χ2v) is 5.12. The van der Waals surface area contributed by atoms with Gasteiger partial charge in [-0.05, 0) is 31.5 Å². The summed E-state index contributed by atoms with van der Waals surface area (Å²) in [5.74, 6) is 0.296. The fraction of sp³-hybridized carbons (Fsp3) is 0.600. The highest BCUT2D eigenvalue weighted by molar-refractivity contribution is 5.85. The fourth-order valence-electron chi connectivity index (χ4n) is 2.48. The Morgan fingerprint density at radius 2 is 2.38 bits per heavy atom. The molecule has 0 radical (unpaired) electrons. The first-order valence-electron chi connectivity index (χ1n) is 7.19. The van der Waals surface area contributed by atoms with Crippen LogP contribution in [0.3, 0.4) is 0 Å². The highest BCUT2D eigenvalue weighted by atomic mass is 35.5. The molecule has 0 aromatic carbocycles. The van der Waals surface area contributed by atoms with E-state index in [4.69, 9.17) is 4.74 Å². The number of ether oxygens (including phenoxy) is 1. The van der Waals surface area contributed by atoms with E-state index in [0.717, 1.165) is 31.6 Å². The third-order valence-corrected chi connectivity index (χ3v) is 3.60. The molecule has 0 spiro atoms. The second-order valence-electron chi connectivity index (χ2n) is 5.12. The van der Waals surface area contributed by atoms with Crippen LogP contribution in [-0.2, 0) is 16.1 Å². The van der Waals surface area contributed by atoms with E-state index in [0.29, 0.717) is 19.7 Å². The molecule has 0 saturated carbocycles. The summed E-state index contributed by atoms with van der Waals surface area (Å²) in [7, 11) is 1.66. The Morgan fingerprint density at radius 1 is 1.52 bits per heavy atom. The molecule has 1 atom stereocenters. The standard InChI is InChI=1S/C15H23N3O2.ClH/c1-20-10-9-18(12-14-6-2-3-8-17-14)15(19)13-5-4-7-16-11-13;/h2-3,6,8,13,16H,4-5,7,9-12H2,1H3;1H. The third kappa shape index (κ3) is 5.61. The van der Waals surface area contributed by atoms with Crippen LogP contribution in [0, 0.1) is 5.92 Å². The molecule has 1 N–H and O–H groups in total. The van der Waals surface area contributed by atoms with Gasteiger partial charge < -0.3 is 15.0 Å². The van der Waals surface area contributed by atoms with Crippen LogP contribution in [0.4, 0.5) is 0 Å².